The van der Waals surface area contributed by atoms with Crippen molar-refractivity contribution < 1.29 is 9.53 Å². The minimum Gasteiger partial charge on any atom is -0.459 e. The molecule has 0 fully saturated rings. The molecule has 0 N–H and O–H groups in total. The predicted molar refractivity (Wildman–Crippen MR) is 56.7 cm³/mol. The van der Waals surface area contributed by atoms with Crippen LogP contribution in [0.25, 0.3) is 0 Å². The van der Waals surface area contributed by atoms with Crippen molar-refractivity contribution in [3.8, 4) is 0 Å². The van der Waals surface area contributed by atoms with Gasteiger partial charge in [-0.1, -0.05) is 6.92 Å². The molecule has 0 aliphatic carbocycles. The SMILES string of the molecule is CCc1nnc(C)cc1C(=O)OC(C)C. The molecule has 1 heterocycles. The number of aromatic nitrogens is 2. The zero-order chi connectivity index (χ0) is 11.4. The van der Waals surface area contributed by atoms with Crippen molar-refractivity contribution in [2.45, 2.75) is 40.2 Å². The lowest BCUT2D eigenvalue weighted by molar-refractivity contribution is 0.0375. The van der Waals surface area contributed by atoms with Crippen molar-refractivity contribution in [1.82, 2.24) is 10.2 Å². The summed E-state index contributed by atoms with van der Waals surface area (Å²) in [5.41, 5.74) is 1.94. The number of rotatable bonds is 3. The summed E-state index contributed by atoms with van der Waals surface area (Å²) in [7, 11) is 0. The van der Waals surface area contributed by atoms with E-state index in [2.05, 4.69) is 10.2 Å². The highest BCUT2D eigenvalue weighted by atomic mass is 16.5. The van der Waals surface area contributed by atoms with Gasteiger partial charge in [-0.2, -0.15) is 10.2 Å². The van der Waals surface area contributed by atoms with Gasteiger partial charge in [0.1, 0.15) is 0 Å². The van der Waals surface area contributed by atoms with Crippen LogP contribution in [0.5, 0.6) is 0 Å². The molecular formula is C11H16N2O2. The van der Waals surface area contributed by atoms with Gasteiger partial charge in [0.15, 0.2) is 0 Å². The molecule has 0 aromatic carbocycles. The van der Waals surface area contributed by atoms with E-state index in [9.17, 15) is 4.79 Å². The number of hydrogen-bond acceptors (Lipinski definition) is 4. The molecule has 82 valence electrons. The predicted octanol–water partition coefficient (Wildman–Crippen LogP) is 1.91. The van der Waals surface area contributed by atoms with E-state index < -0.39 is 0 Å². The molecular weight excluding hydrogens is 192 g/mol. The Morgan fingerprint density at radius 2 is 2.13 bits per heavy atom. The summed E-state index contributed by atoms with van der Waals surface area (Å²) in [6, 6.07) is 1.72. The lowest BCUT2D eigenvalue weighted by atomic mass is 10.1. The Kier molecular flexibility index (Phi) is 3.77. The maximum atomic E-state index is 11.7. The monoisotopic (exact) mass is 208 g/mol. The standard InChI is InChI=1S/C11H16N2O2/c1-5-10-9(6-8(4)12-13-10)11(14)15-7(2)3/h6-7H,5H2,1-4H3. The molecule has 1 rings (SSSR count). The second kappa shape index (κ2) is 4.87. The van der Waals surface area contributed by atoms with Crippen molar-refractivity contribution in [1.29, 1.82) is 0 Å². The van der Waals surface area contributed by atoms with Crippen LogP contribution in [0, 0.1) is 6.92 Å². The van der Waals surface area contributed by atoms with E-state index in [0.717, 1.165) is 5.69 Å². The summed E-state index contributed by atoms with van der Waals surface area (Å²) in [6.45, 7) is 7.39. The number of hydrogen-bond donors (Lipinski definition) is 0. The van der Waals surface area contributed by atoms with E-state index in [1.54, 1.807) is 13.0 Å². The molecule has 0 amide bonds. The van der Waals surface area contributed by atoms with Crippen LogP contribution in [0.1, 0.15) is 42.5 Å². The number of aryl methyl sites for hydroxylation is 2. The van der Waals surface area contributed by atoms with Crippen LogP contribution in [0.3, 0.4) is 0 Å². The van der Waals surface area contributed by atoms with Crippen molar-refractivity contribution >= 4 is 5.97 Å². The molecule has 4 heteroatoms. The van der Waals surface area contributed by atoms with Gasteiger partial charge in [0.25, 0.3) is 0 Å². The summed E-state index contributed by atoms with van der Waals surface area (Å²) >= 11 is 0. The van der Waals surface area contributed by atoms with Crippen LogP contribution in [-0.4, -0.2) is 22.3 Å². The zero-order valence-electron chi connectivity index (χ0n) is 9.57. The van der Waals surface area contributed by atoms with Gasteiger partial charge in [-0.15, -0.1) is 0 Å². The zero-order valence-corrected chi connectivity index (χ0v) is 9.57. The van der Waals surface area contributed by atoms with Crippen LogP contribution in [-0.2, 0) is 11.2 Å². The quantitative estimate of drug-likeness (QED) is 0.712. The van der Waals surface area contributed by atoms with Gasteiger partial charge in [-0.25, -0.2) is 4.79 Å². The first kappa shape index (κ1) is 11.6. The van der Waals surface area contributed by atoms with Crippen LogP contribution in [0.4, 0.5) is 0 Å². The van der Waals surface area contributed by atoms with E-state index in [-0.39, 0.29) is 12.1 Å². The smallest absolute Gasteiger partial charge is 0.340 e. The highest BCUT2D eigenvalue weighted by Gasteiger charge is 2.15. The van der Waals surface area contributed by atoms with Gasteiger partial charge >= 0.3 is 5.97 Å². The summed E-state index contributed by atoms with van der Waals surface area (Å²) < 4.78 is 5.13. The Morgan fingerprint density at radius 1 is 1.47 bits per heavy atom. The molecule has 0 spiro atoms. The Hall–Kier alpha value is -1.45. The number of carbonyl (C=O) groups excluding carboxylic acids is 1. The fourth-order valence-electron chi connectivity index (χ4n) is 1.23. The summed E-state index contributed by atoms with van der Waals surface area (Å²) in [5.74, 6) is -0.320. The molecule has 0 aliphatic rings. The number of esters is 1. The first-order valence-corrected chi connectivity index (χ1v) is 5.08. The van der Waals surface area contributed by atoms with Crippen molar-refractivity contribution in [3.05, 3.63) is 23.0 Å². The molecule has 0 saturated carbocycles. The van der Waals surface area contributed by atoms with Crippen molar-refractivity contribution in [3.63, 3.8) is 0 Å². The van der Waals surface area contributed by atoms with Gasteiger partial charge in [0, 0.05) is 0 Å². The Bertz CT molecular complexity index is 362. The minimum absolute atomic E-state index is 0.115. The van der Waals surface area contributed by atoms with Crippen molar-refractivity contribution in [2.75, 3.05) is 0 Å². The molecule has 1 aromatic heterocycles. The van der Waals surface area contributed by atoms with E-state index >= 15 is 0 Å². The maximum absolute atomic E-state index is 11.7. The minimum atomic E-state index is -0.320. The third-order valence-corrected chi connectivity index (χ3v) is 1.89. The van der Waals surface area contributed by atoms with E-state index in [1.165, 1.54) is 0 Å². The Balaban J connectivity index is 3.00. The van der Waals surface area contributed by atoms with Gasteiger partial charge < -0.3 is 4.74 Å². The second-order valence-corrected chi connectivity index (χ2v) is 3.65. The molecule has 0 radical (unpaired) electrons. The average Bonchev–Trinajstić information content (AvgIpc) is 2.16. The van der Waals surface area contributed by atoms with Gasteiger partial charge in [0.2, 0.25) is 0 Å². The van der Waals surface area contributed by atoms with Crippen molar-refractivity contribution in [2.24, 2.45) is 0 Å². The molecule has 0 saturated heterocycles. The first-order valence-electron chi connectivity index (χ1n) is 5.08. The van der Waals surface area contributed by atoms with Crippen LogP contribution in [0.2, 0.25) is 0 Å². The summed E-state index contributed by atoms with van der Waals surface area (Å²) in [6.07, 6.45) is 0.561. The average molecular weight is 208 g/mol. The maximum Gasteiger partial charge on any atom is 0.340 e. The van der Waals surface area contributed by atoms with Gasteiger partial charge in [0.05, 0.1) is 23.1 Å². The summed E-state index contributed by atoms with van der Waals surface area (Å²) in [5, 5.41) is 7.89. The van der Waals surface area contributed by atoms with Crippen LogP contribution < -0.4 is 0 Å². The molecule has 0 aliphatic heterocycles. The lowest BCUT2D eigenvalue weighted by Crippen LogP contribution is -2.15. The van der Waals surface area contributed by atoms with Crippen LogP contribution >= 0.6 is 0 Å². The molecule has 4 nitrogen and oxygen atoms in total. The number of ether oxygens (including phenoxy) is 1. The Morgan fingerprint density at radius 3 is 2.67 bits per heavy atom. The normalized spacial score (nSPS) is 10.5. The lowest BCUT2D eigenvalue weighted by Gasteiger charge is -2.10. The molecule has 0 unspecified atom stereocenters. The topological polar surface area (TPSA) is 52.1 Å². The van der Waals surface area contributed by atoms with E-state index in [0.29, 0.717) is 17.7 Å². The van der Waals surface area contributed by atoms with E-state index in [1.807, 2.05) is 20.8 Å². The van der Waals surface area contributed by atoms with E-state index in [4.69, 9.17) is 4.74 Å². The van der Waals surface area contributed by atoms with Gasteiger partial charge in [-0.05, 0) is 33.3 Å². The fraction of sp³-hybridized carbons (Fsp3) is 0.545. The second-order valence-electron chi connectivity index (χ2n) is 3.65. The van der Waals surface area contributed by atoms with Gasteiger partial charge in [-0.3, -0.25) is 0 Å². The molecule has 15 heavy (non-hydrogen) atoms. The third kappa shape index (κ3) is 3.01. The molecule has 0 bridgehead atoms. The highest BCUT2D eigenvalue weighted by molar-refractivity contribution is 5.90. The molecule has 0 atom stereocenters. The van der Waals surface area contributed by atoms with Crippen LogP contribution in [0.15, 0.2) is 6.07 Å². The Labute approximate surface area is 89.7 Å². The number of nitrogens with zero attached hydrogens (tertiary/aromatic N) is 2. The molecule has 1 aromatic rings. The highest BCUT2D eigenvalue weighted by Crippen LogP contribution is 2.10. The summed E-state index contributed by atoms with van der Waals surface area (Å²) in [4.78, 5) is 11.7. The number of carbonyl (C=O) groups is 1. The fourth-order valence-corrected chi connectivity index (χ4v) is 1.23. The third-order valence-electron chi connectivity index (χ3n) is 1.89. The first-order chi connectivity index (χ1) is 7.04. The largest absolute Gasteiger partial charge is 0.459 e.